The molecule has 1 aromatic heterocycles. The Bertz CT molecular complexity index is 650. The van der Waals surface area contributed by atoms with Crippen molar-refractivity contribution in [3.8, 4) is 22.8 Å². The summed E-state index contributed by atoms with van der Waals surface area (Å²) in [5.41, 5.74) is 6.11. The Morgan fingerprint density at radius 3 is 2.74 bits per heavy atom. The van der Waals surface area contributed by atoms with Gasteiger partial charge in [0.2, 0.25) is 5.76 Å². The van der Waals surface area contributed by atoms with E-state index in [0.717, 1.165) is 0 Å². The van der Waals surface area contributed by atoms with E-state index in [2.05, 4.69) is 4.98 Å². The topological polar surface area (TPSA) is 108 Å². The van der Waals surface area contributed by atoms with Crippen molar-refractivity contribution in [3.05, 3.63) is 24.0 Å². The SMILES string of the molecule is Nc1nc(-c2ccc3c(c2)OCCO3)c(C(=O)O)o1. The molecule has 7 nitrogen and oxygen atoms in total. The number of aromatic nitrogens is 1. The molecule has 1 aliphatic heterocycles. The Morgan fingerprint density at radius 2 is 2.00 bits per heavy atom. The third-order valence-corrected chi connectivity index (χ3v) is 2.65. The number of nitrogens with two attached hydrogens (primary N) is 1. The highest BCUT2D eigenvalue weighted by Gasteiger charge is 2.22. The van der Waals surface area contributed by atoms with Gasteiger partial charge in [-0.2, -0.15) is 4.98 Å². The molecule has 0 amide bonds. The maximum atomic E-state index is 11.1. The number of oxazole rings is 1. The van der Waals surface area contributed by atoms with Crippen molar-refractivity contribution in [2.75, 3.05) is 18.9 Å². The van der Waals surface area contributed by atoms with E-state index in [4.69, 9.17) is 24.7 Å². The molecule has 0 spiro atoms. The van der Waals surface area contributed by atoms with Crippen molar-refractivity contribution < 1.29 is 23.8 Å². The highest BCUT2D eigenvalue weighted by molar-refractivity contribution is 5.92. The smallest absolute Gasteiger partial charge is 0.374 e. The molecular formula is C12H10N2O5. The fourth-order valence-electron chi connectivity index (χ4n) is 1.87. The molecule has 1 aromatic carbocycles. The molecule has 0 aliphatic carbocycles. The van der Waals surface area contributed by atoms with E-state index in [1.54, 1.807) is 18.2 Å². The van der Waals surface area contributed by atoms with Gasteiger partial charge in [0.15, 0.2) is 11.5 Å². The number of fused-ring (bicyclic) bond motifs is 1. The van der Waals surface area contributed by atoms with E-state index in [1.807, 2.05) is 0 Å². The summed E-state index contributed by atoms with van der Waals surface area (Å²) in [6.45, 7) is 0.937. The summed E-state index contributed by atoms with van der Waals surface area (Å²) in [5.74, 6) is -0.367. The highest BCUT2D eigenvalue weighted by Crippen LogP contribution is 2.35. The van der Waals surface area contributed by atoms with Gasteiger partial charge in [0, 0.05) is 5.56 Å². The molecule has 0 fully saturated rings. The van der Waals surface area contributed by atoms with Crippen LogP contribution >= 0.6 is 0 Å². The molecule has 3 rings (SSSR count). The van der Waals surface area contributed by atoms with Crippen molar-refractivity contribution >= 4 is 12.0 Å². The Kier molecular flexibility index (Phi) is 2.52. The summed E-state index contributed by atoms with van der Waals surface area (Å²) in [7, 11) is 0. The number of carboxylic acid groups (broad SMARTS) is 1. The van der Waals surface area contributed by atoms with Crippen LogP contribution in [0, 0.1) is 0 Å². The molecule has 7 heteroatoms. The molecule has 1 aliphatic rings. The first-order chi connectivity index (χ1) is 9.15. The first kappa shape index (κ1) is 11.4. The van der Waals surface area contributed by atoms with Gasteiger partial charge < -0.3 is 24.7 Å². The molecule has 0 saturated carbocycles. The van der Waals surface area contributed by atoms with Gasteiger partial charge in [-0.3, -0.25) is 0 Å². The Balaban J connectivity index is 2.09. The molecule has 0 saturated heterocycles. The lowest BCUT2D eigenvalue weighted by atomic mass is 10.1. The molecule has 2 heterocycles. The van der Waals surface area contributed by atoms with Crippen LogP contribution in [0.15, 0.2) is 22.6 Å². The van der Waals surface area contributed by atoms with Crippen LogP contribution in [0.4, 0.5) is 6.01 Å². The van der Waals surface area contributed by atoms with Crippen LogP contribution in [0.5, 0.6) is 11.5 Å². The third-order valence-electron chi connectivity index (χ3n) is 2.65. The standard InChI is InChI=1S/C12H10N2O5/c13-12-14-9(10(19-12)11(15)16)6-1-2-7-8(5-6)18-4-3-17-7/h1-2,5H,3-4H2,(H2,13,14)(H,15,16). The van der Waals surface area contributed by atoms with Gasteiger partial charge in [0.05, 0.1) is 0 Å². The second kappa shape index (κ2) is 4.20. The number of nitrogen functional groups attached to an aromatic ring is 1. The van der Waals surface area contributed by atoms with Crippen LogP contribution in [0.25, 0.3) is 11.3 Å². The largest absolute Gasteiger partial charge is 0.486 e. The van der Waals surface area contributed by atoms with Crippen LogP contribution in [-0.2, 0) is 0 Å². The number of ether oxygens (including phenoxy) is 2. The van der Waals surface area contributed by atoms with E-state index >= 15 is 0 Å². The van der Waals surface area contributed by atoms with Crippen LogP contribution in [0.2, 0.25) is 0 Å². The predicted octanol–water partition coefficient (Wildman–Crippen LogP) is 1.39. The van der Waals surface area contributed by atoms with E-state index in [1.165, 1.54) is 0 Å². The second-order valence-corrected chi connectivity index (χ2v) is 3.89. The molecule has 0 bridgehead atoms. The van der Waals surface area contributed by atoms with Gasteiger partial charge in [-0.05, 0) is 18.2 Å². The number of nitrogens with zero attached hydrogens (tertiary/aromatic N) is 1. The number of hydrogen-bond acceptors (Lipinski definition) is 6. The zero-order chi connectivity index (χ0) is 13.4. The zero-order valence-electron chi connectivity index (χ0n) is 9.75. The third kappa shape index (κ3) is 1.95. The normalized spacial score (nSPS) is 13.3. The fraction of sp³-hybridized carbons (Fsp3) is 0.167. The van der Waals surface area contributed by atoms with Crippen LogP contribution < -0.4 is 15.2 Å². The lowest BCUT2D eigenvalue weighted by Gasteiger charge is -2.18. The number of benzene rings is 1. The van der Waals surface area contributed by atoms with E-state index in [9.17, 15) is 4.79 Å². The monoisotopic (exact) mass is 262 g/mol. The van der Waals surface area contributed by atoms with Crippen molar-refractivity contribution in [1.29, 1.82) is 0 Å². The average molecular weight is 262 g/mol. The molecule has 0 unspecified atom stereocenters. The Hall–Kier alpha value is -2.70. The van der Waals surface area contributed by atoms with Gasteiger partial charge in [-0.1, -0.05) is 0 Å². The summed E-state index contributed by atoms with van der Waals surface area (Å²) in [6, 6.07) is 4.83. The molecule has 0 radical (unpaired) electrons. The number of anilines is 1. The maximum absolute atomic E-state index is 11.1. The number of rotatable bonds is 2. The van der Waals surface area contributed by atoms with E-state index in [0.29, 0.717) is 30.3 Å². The first-order valence-corrected chi connectivity index (χ1v) is 5.55. The zero-order valence-corrected chi connectivity index (χ0v) is 9.75. The van der Waals surface area contributed by atoms with Crippen LogP contribution in [0.3, 0.4) is 0 Å². The number of hydrogen-bond donors (Lipinski definition) is 2. The van der Waals surface area contributed by atoms with Gasteiger partial charge in [0.1, 0.15) is 18.9 Å². The molecule has 0 atom stereocenters. The summed E-state index contributed by atoms with van der Waals surface area (Å²) in [6.07, 6.45) is 0. The second-order valence-electron chi connectivity index (χ2n) is 3.89. The minimum atomic E-state index is -1.23. The number of aromatic carboxylic acids is 1. The van der Waals surface area contributed by atoms with Gasteiger partial charge in [-0.15, -0.1) is 0 Å². The fourth-order valence-corrected chi connectivity index (χ4v) is 1.87. The molecule has 2 aromatic rings. The van der Waals surface area contributed by atoms with Crippen molar-refractivity contribution in [1.82, 2.24) is 4.98 Å². The lowest BCUT2D eigenvalue weighted by molar-refractivity contribution is 0.0665. The van der Waals surface area contributed by atoms with Gasteiger partial charge in [-0.25, -0.2) is 4.79 Å². The number of carboxylic acids is 1. The maximum Gasteiger partial charge on any atom is 0.374 e. The van der Waals surface area contributed by atoms with Crippen LogP contribution in [-0.4, -0.2) is 29.3 Å². The molecule has 98 valence electrons. The predicted molar refractivity (Wildman–Crippen MR) is 64.3 cm³/mol. The Morgan fingerprint density at radius 1 is 1.26 bits per heavy atom. The number of carbonyl (C=O) groups is 1. The molecule has 19 heavy (non-hydrogen) atoms. The first-order valence-electron chi connectivity index (χ1n) is 5.55. The Labute approximate surface area is 107 Å². The van der Waals surface area contributed by atoms with Crippen molar-refractivity contribution in [2.24, 2.45) is 0 Å². The van der Waals surface area contributed by atoms with Crippen LogP contribution in [0.1, 0.15) is 10.6 Å². The van der Waals surface area contributed by atoms with E-state index < -0.39 is 5.97 Å². The quantitative estimate of drug-likeness (QED) is 0.841. The van der Waals surface area contributed by atoms with E-state index in [-0.39, 0.29) is 17.5 Å². The van der Waals surface area contributed by atoms with Gasteiger partial charge in [0.25, 0.3) is 6.01 Å². The minimum absolute atomic E-state index is 0.168. The van der Waals surface area contributed by atoms with Gasteiger partial charge >= 0.3 is 5.97 Å². The summed E-state index contributed by atoms with van der Waals surface area (Å²) >= 11 is 0. The minimum Gasteiger partial charge on any atom is -0.486 e. The van der Waals surface area contributed by atoms with Crippen molar-refractivity contribution in [2.45, 2.75) is 0 Å². The summed E-state index contributed by atoms with van der Waals surface area (Å²) in [4.78, 5) is 14.9. The summed E-state index contributed by atoms with van der Waals surface area (Å²) in [5, 5.41) is 9.03. The average Bonchev–Trinajstić information content (AvgIpc) is 2.80. The highest BCUT2D eigenvalue weighted by atomic mass is 16.6. The molecular weight excluding hydrogens is 252 g/mol. The molecule has 3 N–H and O–H groups in total. The lowest BCUT2D eigenvalue weighted by Crippen LogP contribution is -2.15. The van der Waals surface area contributed by atoms with Crippen molar-refractivity contribution in [3.63, 3.8) is 0 Å². The summed E-state index contributed by atoms with van der Waals surface area (Å²) < 4.78 is 15.7.